The van der Waals surface area contributed by atoms with Gasteiger partial charge in [-0.15, -0.1) is 0 Å². The number of piperazine rings is 1. The van der Waals surface area contributed by atoms with E-state index in [-0.39, 0.29) is 0 Å². The first-order valence-electron chi connectivity index (χ1n) is 9.32. The zero-order valence-corrected chi connectivity index (χ0v) is 14.9. The Bertz CT molecular complexity index is 536. The minimum Gasteiger partial charge on any atom is -0.314 e. The van der Waals surface area contributed by atoms with Gasteiger partial charge >= 0.3 is 6.18 Å². The summed E-state index contributed by atoms with van der Waals surface area (Å²) < 4.78 is 37.9. The van der Waals surface area contributed by atoms with Crippen LogP contribution < -0.4 is 5.32 Å². The fourth-order valence-corrected chi connectivity index (χ4v) is 4.10. The van der Waals surface area contributed by atoms with Gasteiger partial charge in [-0.25, -0.2) is 0 Å². The molecule has 25 heavy (non-hydrogen) atoms. The van der Waals surface area contributed by atoms with Gasteiger partial charge in [-0.05, 0) is 50.0 Å². The summed E-state index contributed by atoms with van der Waals surface area (Å²) in [4.78, 5) is 5.04. The number of rotatable bonds is 4. The van der Waals surface area contributed by atoms with E-state index >= 15 is 0 Å². The van der Waals surface area contributed by atoms with E-state index in [1.54, 1.807) is 12.1 Å². The molecule has 140 valence electrons. The van der Waals surface area contributed by atoms with Crippen LogP contribution in [-0.2, 0) is 12.7 Å². The van der Waals surface area contributed by atoms with Gasteiger partial charge in [0, 0.05) is 38.3 Å². The molecule has 0 aromatic heterocycles. The second-order valence-electron chi connectivity index (χ2n) is 7.21. The molecular weight excluding hydrogens is 327 g/mol. The first kappa shape index (κ1) is 18.7. The number of benzene rings is 1. The molecule has 0 aliphatic carbocycles. The SMILES string of the molecule is CC[C@H]1CNCCN1C1CCN(Cc2ccc(C(F)(F)F)cc2)CC1. The summed E-state index contributed by atoms with van der Waals surface area (Å²) in [7, 11) is 0. The van der Waals surface area contributed by atoms with E-state index in [4.69, 9.17) is 0 Å². The summed E-state index contributed by atoms with van der Waals surface area (Å²) in [6, 6.07) is 6.89. The van der Waals surface area contributed by atoms with Crippen LogP contribution in [-0.4, -0.2) is 54.6 Å². The van der Waals surface area contributed by atoms with Crippen molar-refractivity contribution in [2.45, 2.75) is 51.0 Å². The molecule has 3 rings (SSSR count). The summed E-state index contributed by atoms with van der Waals surface area (Å²) in [5.41, 5.74) is 0.388. The molecule has 0 spiro atoms. The first-order valence-corrected chi connectivity index (χ1v) is 9.32. The number of halogens is 3. The molecule has 2 heterocycles. The smallest absolute Gasteiger partial charge is 0.314 e. The largest absolute Gasteiger partial charge is 0.416 e. The fourth-order valence-electron chi connectivity index (χ4n) is 4.10. The van der Waals surface area contributed by atoms with Crippen LogP contribution >= 0.6 is 0 Å². The van der Waals surface area contributed by atoms with Crippen LogP contribution in [0.3, 0.4) is 0 Å². The van der Waals surface area contributed by atoms with Crippen LogP contribution in [0.25, 0.3) is 0 Å². The lowest BCUT2D eigenvalue weighted by Gasteiger charge is -2.44. The Hall–Kier alpha value is -1.11. The molecular formula is C19H28F3N3. The van der Waals surface area contributed by atoms with E-state index in [0.29, 0.717) is 12.1 Å². The van der Waals surface area contributed by atoms with E-state index in [0.717, 1.165) is 57.7 Å². The highest BCUT2D eigenvalue weighted by Crippen LogP contribution is 2.29. The average molecular weight is 355 g/mol. The number of hydrogen-bond donors (Lipinski definition) is 1. The highest BCUT2D eigenvalue weighted by molar-refractivity contribution is 5.24. The third kappa shape index (κ3) is 4.74. The fraction of sp³-hybridized carbons (Fsp3) is 0.684. The summed E-state index contributed by atoms with van der Waals surface area (Å²) in [6.07, 6.45) is -0.775. The molecule has 2 aliphatic rings. The molecule has 0 amide bonds. The highest BCUT2D eigenvalue weighted by atomic mass is 19.4. The molecule has 2 saturated heterocycles. The topological polar surface area (TPSA) is 18.5 Å². The van der Waals surface area contributed by atoms with Gasteiger partial charge in [0.1, 0.15) is 0 Å². The van der Waals surface area contributed by atoms with E-state index < -0.39 is 11.7 Å². The standard InChI is InChI=1S/C19H28F3N3/c1-2-17-13-23-9-12-25(17)18-7-10-24(11-8-18)14-15-3-5-16(6-4-15)19(20,21)22/h3-6,17-18,23H,2,7-14H2,1H3/t17-/m0/s1. The lowest BCUT2D eigenvalue weighted by atomic mass is 9.98. The quantitative estimate of drug-likeness (QED) is 0.894. The zero-order chi connectivity index (χ0) is 17.9. The van der Waals surface area contributed by atoms with Crippen molar-refractivity contribution in [1.82, 2.24) is 15.1 Å². The average Bonchev–Trinajstić information content (AvgIpc) is 2.62. The number of alkyl halides is 3. The number of piperidine rings is 1. The second kappa shape index (κ2) is 8.06. The van der Waals surface area contributed by atoms with Gasteiger partial charge in [-0.1, -0.05) is 19.1 Å². The lowest BCUT2D eigenvalue weighted by molar-refractivity contribution is -0.137. The summed E-state index contributed by atoms with van der Waals surface area (Å²) in [5, 5.41) is 3.48. The maximum absolute atomic E-state index is 12.6. The van der Waals surface area contributed by atoms with Crippen LogP contribution in [0.15, 0.2) is 24.3 Å². The van der Waals surface area contributed by atoms with Crippen molar-refractivity contribution in [3.8, 4) is 0 Å². The van der Waals surface area contributed by atoms with E-state index in [9.17, 15) is 13.2 Å². The Balaban J connectivity index is 1.51. The van der Waals surface area contributed by atoms with E-state index in [1.165, 1.54) is 18.6 Å². The highest BCUT2D eigenvalue weighted by Gasteiger charge is 2.31. The Kier molecular flexibility index (Phi) is 6.02. The third-order valence-electron chi connectivity index (χ3n) is 5.58. The van der Waals surface area contributed by atoms with Gasteiger partial charge in [0.05, 0.1) is 5.56 Å². The number of nitrogens with zero attached hydrogens (tertiary/aromatic N) is 2. The minimum atomic E-state index is -4.25. The monoisotopic (exact) mass is 355 g/mol. The Morgan fingerprint density at radius 1 is 1.08 bits per heavy atom. The predicted octanol–water partition coefficient (Wildman–Crippen LogP) is 3.35. The van der Waals surface area contributed by atoms with E-state index in [1.807, 2.05) is 0 Å². The molecule has 1 aromatic carbocycles. The maximum atomic E-state index is 12.6. The van der Waals surface area contributed by atoms with Gasteiger partial charge in [-0.2, -0.15) is 13.2 Å². The molecule has 2 aliphatic heterocycles. The molecule has 1 aromatic rings. The maximum Gasteiger partial charge on any atom is 0.416 e. The van der Waals surface area contributed by atoms with Gasteiger partial charge < -0.3 is 5.32 Å². The second-order valence-corrected chi connectivity index (χ2v) is 7.21. The molecule has 0 bridgehead atoms. The molecule has 1 N–H and O–H groups in total. The molecule has 6 heteroatoms. The van der Waals surface area contributed by atoms with Crippen LogP contribution in [0.2, 0.25) is 0 Å². The van der Waals surface area contributed by atoms with Gasteiger partial charge in [0.25, 0.3) is 0 Å². The van der Waals surface area contributed by atoms with Crippen molar-refractivity contribution in [3.63, 3.8) is 0 Å². The van der Waals surface area contributed by atoms with Gasteiger partial charge in [-0.3, -0.25) is 9.80 Å². The Morgan fingerprint density at radius 3 is 2.36 bits per heavy atom. The zero-order valence-electron chi connectivity index (χ0n) is 14.9. The molecule has 3 nitrogen and oxygen atoms in total. The normalized spacial score (nSPS) is 24.6. The van der Waals surface area contributed by atoms with Crippen LogP contribution in [0, 0.1) is 0 Å². The third-order valence-corrected chi connectivity index (χ3v) is 5.58. The van der Waals surface area contributed by atoms with Crippen LogP contribution in [0.5, 0.6) is 0 Å². The molecule has 2 fully saturated rings. The van der Waals surface area contributed by atoms with Crippen molar-refractivity contribution >= 4 is 0 Å². The number of likely N-dealkylation sites (tertiary alicyclic amines) is 1. The van der Waals surface area contributed by atoms with E-state index in [2.05, 4.69) is 22.0 Å². The first-order chi connectivity index (χ1) is 12.0. The summed E-state index contributed by atoms with van der Waals surface area (Å²) >= 11 is 0. The van der Waals surface area contributed by atoms with Crippen molar-refractivity contribution in [3.05, 3.63) is 35.4 Å². The Morgan fingerprint density at radius 2 is 1.76 bits per heavy atom. The lowest BCUT2D eigenvalue weighted by Crippen LogP contribution is -2.57. The van der Waals surface area contributed by atoms with Crippen molar-refractivity contribution in [1.29, 1.82) is 0 Å². The van der Waals surface area contributed by atoms with Crippen molar-refractivity contribution in [2.24, 2.45) is 0 Å². The predicted molar refractivity (Wildman–Crippen MR) is 93.4 cm³/mol. The summed E-state index contributed by atoms with van der Waals surface area (Å²) in [6.45, 7) is 8.32. The number of nitrogens with one attached hydrogen (secondary N) is 1. The molecule has 1 atom stereocenters. The Labute approximate surface area is 148 Å². The minimum absolute atomic E-state index is 0.570. The van der Waals surface area contributed by atoms with Crippen LogP contribution in [0.4, 0.5) is 13.2 Å². The van der Waals surface area contributed by atoms with Crippen molar-refractivity contribution < 1.29 is 13.2 Å². The molecule has 0 saturated carbocycles. The molecule has 0 radical (unpaired) electrons. The van der Waals surface area contributed by atoms with Gasteiger partial charge in [0.2, 0.25) is 0 Å². The van der Waals surface area contributed by atoms with Crippen molar-refractivity contribution in [2.75, 3.05) is 32.7 Å². The molecule has 0 unspecified atom stereocenters. The number of hydrogen-bond acceptors (Lipinski definition) is 3. The van der Waals surface area contributed by atoms with Crippen LogP contribution in [0.1, 0.15) is 37.3 Å². The van der Waals surface area contributed by atoms with Gasteiger partial charge in [0.15, 0.2) is 0 Å². The summed E-state index contributed by atoms with van der Waals surface area (Å²) in [5.74, 6) is 0.